The van der Waals surface area contributed by atoms with Crippen LogP contribution in [0.2, 0.25) is 15.1 Å². The first-order chi connectivity index (χ1) is 11.4. The summed E-state index contributed by atoms with van der Waals surface area (Å²) in [5.74, 6) is -0.196. The van der Waals surface area contributed by atoms with Gasteiger partial charge in [-0.05, 0) is 24.6 Å². The Morgan fingerprint density at radius 1 is 1.29 bits per heavy atom. The number of benzene rings is 1. The van der Waals surface area contributed by atoms with Gasteiger partial charge in [-0.15, -0.1) is 0 Å². The summed E-state index contributed by atoms with van der Waals surface area (Å²) in [6.07, 6.45) is 2.20. The molecule has 0 bridgehead atoms. The fraction of sp³-hybridized carbons (Fsp3) is 0.267. The van der Waals surface area contributed by atoms with Crippen LogP contribution in [0.4, 0.5) is 5.69 Å². The predicted molar refractivity (Wildman–Crippen MR) is 96.7 cm³/mol. The number of carbonyl (C=O) groups is 1. The highest BCUT2D eigenvalue weighted by Gasteiger charge is 2.13. The highest BCUT2D eigenvalue weighted by atomic mass is 35.5. The number of nitrogens with zero attached hydrogens (tertiary/aromatic N) is 2. The standard InChI is InChI=1S/C15H15Cl3N4O2/c1-2-5-19-13(23)8-20-11-7-21-22(15(24)14(11)18)12-4-3-9(16)6-10(12)17/h3-4,6-7,20H,2,5,8H2,1H3,(H,19,23). The van der Waals surface area contributed by atoms with Gasteiger partial charge in [0.2, 0.25) is 5.91 Å². The molecule has 1 heterocycles. The van der Waals surface area contributed by atoms with Crippen molar-refractivity contribution in [1.82, 2.24) is 15.1 Å². The third-order valence-electron chi connectivity index (χ3n) is 3.07. The smallest absolute Gasteiger partial charge is 0.292 e. The van der Waals surface area contributed by atoms with Crippen molar-refractivity contribution in [3.8, 4) is 5.69 Å². The summed E-state index contributed by atoms with van der Waals surface area (Å²) in [6, 6.07) is 4.67. The molecule has 0 aliphatic carbocycles. The lowest BCUT2D eigenvalue weighted by Crippen LogP contribution is -2.31. The summed E-state index contributed by atoms with van der Waals surface area (Å²) in [4.78, 5) is 24.0. The number of nitrogens with one attached hydrogen (secondary N) is 2. The molecule has 0 atom stereocenters. The molecule has 128 valence electrons. The molecule has 9 heteroatoms. The maximum absolute atomic E-state index is 12.4. The molecule has 0 saturated heterocycles. The summed E-state index contributed by atoms with van der Waals surface area (Å²) in [6.45, 7) is 2.53. The number of hydrogen-bond donors (Lipinski definition) is 2. The molecule has 0 unspecified atom stereocenters. The van der Waals surface area contributed by atoms with Crippen LogP contribution in [0, 0.1) is 0 Å². The minimum absolute atomic E-state index is 0.00739. The van der Waals surface area contributed by atoms with Crippen LogP contribution in [0.3, 0.4) is 0 Å². The van der Waals surface area contributed by atoms with Crippen LogP contribution >= 0.6 is 34.8 Å². The van der Waals surface area contributed by atoms with E-state index in [1.54, 1.807) is 12.1 Å². The summed E-state index contributed by atoms with van der Waals surface area (Å²) < 4.78 is 1.07. The van der Waals surface area contributed by atoms with Gasteiger partial charge in [-0.3, -0.25) is 9.59 Å². The maximum atomic E-state index is 12.4. The topological polar surface area (TPSA) is 76.0 Å². The molecule has 0 spiro atoms. The van der Waals surface area contributed by atoms with Crippen molar-refractivity contribution in [2.24, 2.45) is 0 Å². The number of rotatable bonds is 6. The first kappa shape index (κ1) is 18.6. The van der Waals surface area contributed by atoms with Gasteiger partial charge in [-0.1, -0.05) is 41.7 Å². The van der Waals surface area contributed by atoms with Crippen molar-refractivity contribution >= 4 is 46.4 Å². The highest BCUT2D eigenvalue weighted by Crippen LogP contribution is 2.24. The molecule has 1 aromatic heterocycles. The van der Waals surface area contributed by atoms with Crippen LogP contribution in [0.5, 0.6) is 0 Å². The average molecular weight is 390 g/mol. The normalized spacial score (nSPS) is 10.5. The largest absolute Gasteiger partial charge is 0.373 e. The lowest BCUT2D eigenvalue weighted by molar-refractivity contribution is -0.119. The van der Waals surface area contributed by atoms with Gasteiger partial charge < -0.3 is 10.6 Å². The Bertz CT molecular complexity index is 808. The second kappa shape index (κ2) is 8.37. The van der Waals surface area contributed by atoms with E-state index in [1.165, 1.54) is 12.3 Å². The Kier molecular flexibility index (Phi) is 6.48. The van der Waals surface area contributed by atoms with E-state index < -0.39 is 5.56 Å². The molecule has 2 aromatic rings. The molecule has 2 rings (SSSR count). The van der Waals surface area contributed by atoms with Gasteiger partial charge in [0.1, 0.15) is 5.02 Å². The number of halogens is 3. The first-order valence-electron chi connectivity index (χ1n) is 7.18. The lowest BCUT2D eigenvalue weighted by atomic mass is 10.3. The third kappa shape index (κ3) is 4.41. The van der Waals surface area contributed by atoms with Crippen LogP contribution in [0.15, 0.2) is 29.2 Å². The van der Waals surface area contributed by atoms with Crippen molar-refractivity contribution in [2.75, 3.05) is 18.4 Å². The Morgan fingerprint density at radius 2 is 2.04 bits per heavy atom. The Morgan fingerprint density at radius 3 is 2.71 bits per heavy atom. The van der Waals surface area contributed by atoms with E-state index in [9.17, 15) is 9.59 Å². The van der Waals surface area contributed by atoms with E-state index in [4.69, 9.17) is 34.8 Å². The fourth-order valence-corrected chi connectivity index (χ4v) is 2.57. The molecule has 0 radical (unpaired) electrons. The van der Waals surface area contributed by atoms with Gasteiger partial charge in [0.05, 0.1) is 29.1 Å². The second-order valence-corrected chi connectivity index (χ2v) is 6.11. The Hall–Kier alpha value is -1.76. The number of anilines is 1. The quantitative estimate of drug-likeness (QED) is 0.796. The van der Waals surface area contributed by atoms with Crippen LogP contribution in [0.25, 0.3) is 5.69 Å². The van der Waals surface area contributed by atoms with Gasteiger partial charge in [0.25, 0.3) is 5.56 Å². The van der Waals surface area contributed by atoms with Crippen molar-refractivity contribution in [3.63, 3.8) is 0 Å². The molecule has 1 amide bonds. The molecule has 0 aliphatic heterocycles. The average Bonchev–Trinajstić information content (AvgIpc) is 2.55. The number of aromatic nitrogens is 2. The molecule has 6 nitrogen and oxygen atoms in total. The van der Waals surface area contributed by atoms with Gasteiger partial charge in [-0.2, -0.15) is 9.78 Å². The molecule has 0 saturated carbocycles. The summed E-state index contributed by atoms with van der Waals surface area (Å²) in [5, 5.41) is 10.2. The minimum atomic E-state index is -0.556. The van der Waals surface area contributed by atoms with Gasteiger partial charge in [-0.25, -0.2) is 0 Å². The molecular weight excluding hydrogens is 375 g/mol. The zero-order valence-corrected chi connectivity index (χ0v) is 15.0. The summed E-state index contributed by atoms with van der Waals surface area (Å²) in [7, 11) is 0. The predicted octanol–water partition coefficient (Wildman–Crippen LogP) is 3.13. The Balaban J connectivity index is 2.23. The zero-order valence-electron chi connectivity index (χ0n) is 12.8. The van der Waals surface area contributed by atoms with E-state index in [0.29, 0.717) is 17.3 Å². The molecule has 1 aromatic carbocycles. The minimum Gasteiger partial charge on any atom is -0.373 e. The van der Waals surface area contributed by atoms with Crippen LogP contribution in [-0.2, 0) is 4.79 Å². The third-order valence-corrected chi connectivity index (χ3v) is 3.97. The van der Waals surface area contributed by atoms with Gasteiger partial charge in [0, 0.05) is 11.6 Å². The maximum Gasteiger partial charge on any atom is 0.292 e. The Labute approximate surface area is 153 Å². The highest BCUT2D eigenvalue weighted by molar-refractivity contribution is 6.36. The molecular formula is C15H15Cl3N4O2. The SMILES string of the molecule is CCCNC(=O)CNc1cnn(-c2ccc(Cl)cc2Cl)c(=O)c1Cl. The van der Waals surface area contributed by atoms with E-state index in [0.717, 1.165) is 11.1 Å². The fourth-order valence-electron chi connectivity index (χ4n) is 1.88. The monoisotopic (exact) mass is 388 g/mol. The van der Waals surface area contributed by atoms with Gasteiger partial charge in [0.15, 0.2) is 0 Å². The second-order valence-electron chi connectivity index (χ2n) is 4.89. The van der Waals surface area contributed by atoms with Crippen molar-refractivity contribution < 1.29 is 4.79 Å². The lowest BCUT2D eigenvalue weighted by Gasteiger charge is -2.11. The number of carbonyl (C=O) groups excluding carboxylic acids is 1. The van der Waals surface area contributed by atoms with Gasteiger partial charge >= 0.3 is 0 Å². The van der Waals surface area contributed by atoms with Crippen LogP contribution in [-0.4, -0.2) is 28.8 Å². The van der Waals surface area contributed by atoms with Crippen LogP contribution < -0.4 is 16.2 Å². The van der Waals surface area contributed by atoms with Crippen molar-refractivity contribution in [3.05, 3.63) is 49.8 Å². The summed E-state index contributed by atoms with van der Waals surface area (Å²) in [5.41, 5.74) is 0.0784. The van der Waals surface area contributed by atoms with Crippen LogP contribution in [0.1, 0.15) is 13.3 Å². The number of hydrogen-bond acceptors (Lipinski definition) is 4. The molecule has 2 N–H and O–H groups in total. The molecule has 24 heavy (non-hydrogen) atoms. The van der Waals surface area contributed by atoms with E-state index in [-0.39, 0.29) is 28.2 Å². The summed E-state index contributed by atoms with van der Waals surface area (Å²) >= 11 is 18.0. The molecule has 0 aliphatic rings. The van der Waals surface area contributed by atoms with E-state index in [2.05, 4.69) is 15.7 Å². The van der Waals surface area contributed by atoms with E-state index >= 15 is 0 Å². The van der Waals surface area contributed by atoms with Crippen molar-refractivity contribution in [1.29, 1.82) is 0 Å². The first-order valence-corrected chi connectivity index (χ1v) is 8.31. The zero-order chi connectivity index (χ0) is 17.7. The number of amides is 1. The molecule has 0 fully saturated rings. The van der Waals surface area contributed by atoms with Crippen molar-refractivity contribution in [2.45, 2.75) is 13.3 Å². The van der Waals surface area contributed by atoms with E-state index in [1.807, 2.05) is 6.92 Å².